The van der Waals surface area contributed by atoms with Crippen LogP contribution in [0, 0.1) is 5.41 Å². The van der Waals surface area contributed by atoms with E-state index in [1.165, 1.54) is 0 Å². The van der Waals surface area contributed by atoms with Crippen LogP contribution in [0.3, 0.4) is 0 Å². The maximum absolute atomic E-state index is 11.4. The molecule has 3 fully saturated rings. The van der Waals surface area contributed by atoms with E-state index in [-0.39, 0.29) is 12.0 Å². The van der Waals surface area contributed by atoms with Gasteiger partial charge in [0, 0.05) is 52.8 Å². The molecule has 1 aromatic heterocycles. The normalized spacial score (nSPS) is 22.8. The first kappa shape index (κ1) is 24.6. The Hall–Kier alpha value is -3.08. The predicted octanol–water partition coefficient (Wildman–Crippen LogP) is 3.80. The molecule has 1 aliphatic carbocycles. The number of aromatic nitrogens is 1. The van der Waals surface area contributed by atoms with Crippen molar-refractivity contribution in [3.05, 3.63) is 54.2 Å². The maximum atomic E-state index is 11.4. The minimum atomic E-state index is -3.48. The maximum Gasteiger partial charge on any atom is 0.264 e. The summed E-state index contributed by atoms with van der Waals surface area (Å²) in [6, 6.07) is 13.9. The second-order valence-electron chi connectivity index (χ2n) is 9.74. The van der Waals surface area contributed by atoms with Gasteiger partial charge in [-0.1, -0.05) is 12.1 Å². The van der Waals surface area contributed by atoms with Crippen molar-refractivity contribution < 1.29 is 26.8 Å². The monoisotopic (exact) mass is 513 g/mol. The molecule has 36 heavy (non-hydrogen) atoms. The quantitative estimate of drug-likeness (QED) is 0.370. The smallest absolute Gasteiger partial charge is 0.264 e. The SMILES string of the molecule is COc1ccc(CNc2nccc3c(NCC45COC(COS(C)(=O)=O)(C4)C5)cccc23)c(OC)c1. The van der Waals surface area contributed by atoms with Gasteiger partial charge >= 0.3 is 0 Å². The number of rotatable bonds is 11. The van der Waals surface area contributed by atoms with Crippen molar-refractivity contribution in [3.8, 4) is 11.5 Å². The van der Waals surface area contributed by atoms with Crippen molar-refractivity contribution in [2.45, 2.75) is 25.0 Å². The fraction of sp³-hybridized carbons (Fsp3) is 0.423. The van der Waals surface area contributed by atoms with E-state index in [0.717, 1.165) is 65.0 Å². The van der Waals surface area contributed by atoms with Crippen LogP contribution in [-0.4, -0.2) is 59.2 Å². The molecule has 0 spiro atoms. The number of nitrogens with zero attached hydrogens (tertiary/aromatic N) is 1. The van der Waals surface area contributed by atoms with E-state index in [9.17, 15) is 8.42 Å². The summed E-state index contributed by atoms with van der Waals surface area (Å²) >= 11 is 0. The first-order valence-electron chi connectivity index (χ1n) is 11.8. The molecule has 3 heterocycles. The molecule has 6 rings (SSSR count). The van der Waals surface area contributed by atoms with Gasteiger partial charge in [-0.05, 0) is 37.1 Å². The van der Waals surface area contributed by atoms with Crippen molar-refractivity contribution in [1.29, 1.82) is 0 Å². The van der Waals surface area contributed by atoms with Gasteiger partial charge in [-0.2, -0.15) is 8.42 Å². The highest BCUT2D eigenvalue weighted by Crippen LogP contribution is 2.58. The van der Waals surface area contributed by atoms with Crippen LogP contribution in [0.25, 0.3) is 10.8 Å². The third kappa shape index (κ3) is 4.93. The number of pyridine rings is 1. The van der Waals surface area contributed by atoms with Gasteiger partial charge < -0.3 is 24.8 Å². The van der Waals surface area contributed by atoms with Crippen LogP contribution < -0.4 is 20.1 Å². The molecule has 2 bridgehead atoms. The van der Waals surface area contributed by atoms with Crippen molar-refractivity contribution in [2.75, 3.05) is 50.9 Å². The third-order valence-electron chi connectivity index (χ3n) is 7.02. The van der Waals surface area contributed by atoms with E-state index < -0.39 is 15.7 Å². The second-order valence-corrected chi connectivity index (χ2v) is 11.4. The minimum absolute atomic E-state index is 0.0118. The molecule has 2 N–H and O–H groups in total. The lowest BCUT2D eigenvalue weighted by Gasteiger charge is -2.44. The van der Waals surface area contributed by atoms with Crippen molar-refractivity contribution in [3.63, 3.8) is 0 Å². The molecule has 1 saturated carbocycles. The second kappa shape index (κ2) is 9.42. The molecule has 192 valence electrons. The highest BCUT2D eigenvalue weighted by atomic mass is 32.2. The van der Waals surface area contributed by atoms with Crippen LogP contribution in [-0.2, 0) is 25.6 Å². The summed E-state index contributed by atoms with van der Waals surface area (Å²) in [7, 11) is -0.202. The Morgan fingerprint density at radius 1 is 1.06 bits per heavy atom. The molecule has 10 heteroatoms. The first-order valence-corrected chi connectivity index (χ1v) is 13.6. The van der Waals surface area contributed by atoms with Crippen LogP contribution >= 0.6 is 0 Å². The Balaban J connectivity index is 1.27. The van der Waals surface area contributed by atoms with Crippen LogP contribution in [0.15, 0.2) is 48.7 Å². The number of fused-ring (bicyclic) bond motifs is 2. The van der Waals surface area contributed by atoms with Gasteiger partial charge in [0.15, 0.2) is 0 Å². The molecule has 3 aliphatic rings. The van der Waals surface area contributed by atoms with Gasteiger partial charge in [0.25, 0.3) is 10.1 Å². The van der Waals surface area contributed by atoms with E-state index in [1.54, 1.807) is 20.4 Å². The van der Waals surface area contributed by atoms with Crippen molar-refractivity contribution in [1.82, 2.24) is 4.98 Å². The molecule has 0 unspecified atom stereocenters. The Morgan fingerprint density at radius 3 is 2.64 bits per heavy atom. The molecule has 2 saturated heterocycles. The Labute approximate surface area is 211 Å². The average Bonchev–Trinajstić information content (AvgIpc) is 3.41. The van der Waals surface area contributed by atoms with Crippen LogP contribution in [0.4, 0.5) is 11.5 Å². The van der Waals surface area contributed by atoms with Gasteiger partial charge in [-0.15, -0.1) is 0 Å². The Kier molecular flexibility index (Phi) is 6.44. The molecule has 2 aromatic carbocycles. The summed E-state index contributed by atoms with van der Waals surface area (Å²) in [6.45, 7) is 1.97. The summed E-state index contributed by atoms with van der Waals surface area (Å²) in [6.07, 6.45) is 4.43. The van der Waals surface area contributed by atoms with Gasteiger partial charge in [0.05, 0.1) is 39.3 Å². The highest BCUT2D eigenvalue weighted by molar-refractivity contribution is 7.85. The van der Waals surface area contributed by atoms with Gasteiger partial charge in [0.2, 0.25) is 0 Å². The van der Waals surface area contributed by atoms with Crippen LogP contribution in [0.1, 0.15) is 18.4 Å². The summed E-state index contributed by atoms with van der Waals surface area (Å²) in [4.78, 5) is 4.57. The molecule has 0 atom stereocenters. The number of ether oxygens (including phenoxy) is 3. The van der Waals surface area contributed by atoms with Crippen LogP contribution in [0.2, 0.25) is 0 Å². The van der Waals surface area contributed by atoms with E-state index >= 15 is 0 Å². The lowest BCUT2D eigenvalue weighted by atomic mass is 9.62. The summed E-state index contributed by atoms with van der Waals surface area (Å²) in [5, 5.41) is 9.13. The largest absolute Gasteiger partial charge is 0.497 e. The predicted molar refractivity (Wildman–Crippen MR) is 138 cm³/mol. The summed E-state index contributed by atoms with van der Waals surface area (Å²) < 4.78 is 44.5. The number of methoxy groups -OCH3 is 2. The number of hydrogen-bond donors (Lipinski definition) is 2. The fourth-order valence-corrected chi connectivity index (χ4v) is 5.75. The van der Waals surface area contributed by atoms with Gasteiger partial charge in [0.1, 0.15) is 17.3 Å². The Bertz CT molecular complexity index is 1370. The molecule has 3 aromatic rings. The zero-order valence-electron chi connectivity index (χ0n) is 20.7. The molecule has 2 aliphatic heterocycles. The molecule has 0 radical (unpaired) electrons. The minimum Gasteiger partial charge on any atom is -0.497 e. The number of anilines is 2. The van der Waals surface area contributed by atoms with E-state index in [2.05, 4.69) is 27.8 Å². The standard InChI is InChI=1S/C26H31N3O6S/c1-32-19-8-7-18(23(11-19)33-2)12-28-24-21-5-4-6-22(20(21)9-10-27-24)29-15-25-13-26(14-25,34-16-25)17-35-36(3,30)31/h4-11,29H,12-17H2,1-3H3,(H,27,28). The number of nitrogens with one attached hydrogen (secondary N) is 2. The van der Waals surface area contributed by atoms with E-state index in [4.69, 9.17) is 18.4 Å². The zero-order valence-corrected chi connectivity index (χ0v) is 21.5. The molecular weight excluding hydrogens is 482 g/mol. The van der Waals surface area contributed by atoms with E-state index in [1.807, 2.05) is 30.3 Å². The number of benzene rings is 2. The van der Waals surface area contributed by atoms with E-state index in [0.29, 0.717) is 13.2 Å². The molecular formula is C26H31N3O6S. The lowest BCUT2D eigenvalue weighted by Crippen LogP contribution is -2.50. The topological polar surface area (TPSA) is 108 Å². The van der Waals surface area contributed by atoms with Crippen LogP contribution in [0.5, 0.6) is 11.5 Å². The number of hydrogen-bond acceptors (Lipinski definition) is 9. The summed E-state index contributed by atoms with van der Waals surface area (Å²) in [5.74, 6) is 2.28. The molecule has 9 nitrogen and oxygen atoms in total. The Morgan fingerprint density at radius 2 is 1.89 bits per heavy atom. The lowest BCUT2D eigenvalue weighted by molar-refractivity contribution is -0.0464. The average molecular weight is 514 g/mol. The first-order chi connectivity index (χ1) is 17.2. The zero-order chi connectivity index (χ0) is 25.4. The van der Waals surface area contributed by atoms with Gasteiger partial charge in [-0.3, -0.25) is 4.18 Å². The fourth-order valence-electron chi connectivity index (χ4n) is 5.32. The van der Waals surface area contributed by atoms with Gasteiger partial charge in [-0.25, -0.2) is 4.98 Å². The molecule has 0 amide bonds. The van der Waals surface area contributed by atoms with Crippen molar-refractivity contribution in [2.24, 2.45) is 5.41 Å². The third-order valence-corrected chi connectivity index (χ3v) is 7.56. The van der Waals surface area contributed by atoms with Crippen molar-refractivity contribution >= 4 is 32.4 Å². The summed E-state index contributed by atoms with van der Waals surface area (Å²) in [5.41, 5.74) is 1.53. The highest BCUT2D eigenvalue weighted by Gasteiger charge is 2.62.